The van der Waals surface area contributed by atoms with Crippen molar-refractivity contribution in [1.29, 1.82) is 0 Å². The molecule has 1 aromatic rings. The van der Waals surface area contributed by atoms with E-state index in [0.29, 0.717) is 17.1 Å². The first kappa shape index (κ1) is 22.2. The minimum Gasteiger partial charge on any atom is -0.325 e. The van der Waals surface area contributed by atoms with Crippen LogP contribution < -0.4 is 0 Å². The molecule has 3 rings (SSSR count). The van der Waals surface area contributed by atoms with Gasteiger partial charge in [0.15, 0.2) is 0 Å². The largest absolute Gasteiger partial charge is 0.359 e. The molecule has 2 aliphatic rings. The molecule has 0 saturated carbocycles. The van der Waals surface area contributed by atoms with Gasteiger partial charge in [-0.1, -0.05) is 48.4 Å². The van der Waals surface area contributed by atoms with Crippen LogP contribution in [-0.2, 0) is 19.2 Å². The van der Waals surface area contributed by atoms with Gasteiger partial charge in [-0.3, -0.25) is 9.59 Å². The van der Waals surface area contributed by atoms with E-state index in [0.717, 1.165) is 11.4 Å². The molecular formula is C20H24N2O4S2. The van der Waals surface area contributed by atoms with Crippen molar-refractivity contribution in [3.05, 3.63) is 47.7 Å². The smallest absolute Gasteiger partial charge is 0.325 e. The summed E-state index contributed by atoms with van der Waals surface area (Å²) < 4.78 is 0. The van der Waals surface area contributed by atoms with Crippen LogP contribution in [0.3, 0.4) is 0 Å². The molecule has 2 amide bonds. The molecular weight excluding hydrogens is 396 g/mol. The number of hydrogen-bond acceptors (Lipinski definition) is 7. The highest BCUT2D eigenvalue weighted by molar-refractivity contribution is 8.77. The summed E-state index contributed by atoms with van der Waals surface area (Å²) >= 11 is 0. The third-order valence-corrected chi connectivity index (χ3v) is 6.83. The fraction of sp³-hybridized carbons (Fsp3) is 0.400. The fourth-order valence-electron chi connectivity index (χ4n) is 2.54. The summed E-state index contributed by atoms with van der Waals surface area (Å²) in [6, 6.07) is 5.81. The standard InChI is InChI=1S/C18H18N2O4S2.C2H6/c1-12(25-26-15-4-2-3-11-19-15)13-5-7-14(8-6-13)18(23)24-20-16(21)9-10-17(20)22;1-2/h2-5,7,11-12H,6,8-10H2,1H3;1-2H3. The molecule has 1 fully saturated rings. The molecule has 0 spiro atoms. The van der Waals surface area contributed by atoms with Crippen molar-refractivity contribution in [2.45, 2.75) is 56.7 Å². The lowest BCUT2D eigenvalue weighted by molar-refractivity contribution is -0.194. The van der Waals surface area contributed by atoms with Crippen LogP contribution in [0.25, 0.3) is 0 Å². The number of rotatable bonds is 6. The Hall–Kier alpha value is -2.06. The second-order valence-corrected chi connectivity index (χ2v) is 8.45. The van der Waals surface area contributed by atoms with Gasteiger partial charge in [-0.05, 0) is 42.7 Å². The van der Waals surface area contributed by atoms with Crippen LogP contribution in [0.1, 0.15) is 46.5 Å². The molecule has 0 aromatic carbocycles. The molecule has 1 atom stereocenters. The summed E-state index contributed by atoms with van der Waals surface area (Å²) in [4.78, 5) is 44.4. The molecule has 8 heteroatoms. The third-order valence-electron chi connectivity index (χ3n) is 4.06. The molecule has 28 heavy (non-hydrogen) atoms. The van der Waals surface area contributed by atoms with Gasteiger partial charge >= 0.3 is 5.97 Å². The van der Waals surface area contributed by atoms with Crippen LogP contribution in [-0.4, -0.2) is 33.1 Å². The third kappa shape index (κ3) is 5.97. The predicted octanol–water partition coefficient (Wildman–Crippen LogP) is 4.49. The molecule has 0 N–H and O–H groups in total. The molecule has 6 nitrogen and oxygen atoms in total. The topological polar surface area (TPSA) is 76.6 Å². The zero-order valence-electron chi connectivity index (χ0n) is 16.2. The van der Waals surface area contributed by atoms with E-state index in [4.69, 9.17) is 4.84 Å². The molecule has 0 bridgehead atoms. The van der Waals surface area contributed by atoms with Gasteiger partial charge < -0.3 is 4.84 Å². The SMILES string of the molecule is CC.CC(SSc1ccccn1)C1=CC=C(C(=O)ON2C(=O)CCC2=O)CC1. The highest BCUT2D eigenvalue weighted by atomic mass is 33.1. The molecule has 150 valence electrons. The van der Waals surface area contributed by atoms with Gasteiger partial charge in [0.05, 0.1) is 0 Å². The van der Waals surface area contributed by atoms with E-state index >= 15 is 0 Å². The van der Waals surface area contributed by atoms with Crippen molar-refractivity contribution < 1.29 is 19.2 Å². The van der Waals surface area contributed by atoms with Gasteiger partial charge in [-0.2, -0.15) is 0 Å². The Kier molecular flexibility index (Phi) is 8.79. The Labute approximate surface area is 173 Å². The number of nitrogens with zero attached hydrogens (tertiary/aromatic N) is 2. The van der Waals surface area contributed by atoms with Gasteiger partial charge in [-0.25, -0.2) is 9.78 Å². The first-order valence-corrected chi connectivity index (χ1v) is 11.5. The maximum atomic E-state index is 12.1. The lowest BCUT2D eigenvalue weighted by atomic mass is 9.97. The maximum absolute atomic E-state index is 12.1. The monoisotopic (exact) mass is 420 g/mol. The van der Waals surface area contributed by atoms with Crippen molar-refractivity contribution in [2.24, 2.45) is 0 Å². The van der Waals surface area contributed by atoms with Gasteiger partial charge in [0, 0.05) is 29.9 Å². The number of carbonyl (C=O) groups excluding carboxylic acids is 3. The summed E-state index contributed by atoms with van der Waals surface area (Å²) in [6.45, 7) is 6.12. The number of pyridine rings is 1. The van der Waals surface area contributed by atoms with E-state index in [1.165, 1.54) is 5.57 Å². The van der Waals surface area contributed by atoms with Crippen molar-refractivity contribution in [1.82, 2.24) is 10.0 Å². The summed E-state index contributed by atoms with van der Waals surface area (Å²) in [5.41, 5.74) is 1.69. The Morgan fingerprint density at radius 3 is 2.39 bits per heavy atom. The van der Waals surface area contributed by atoms with Gasteiger partial charge in [0.1, 0.15) is 5.03 Å². The predicted molar refractivity (Wildman–Crippen MR) is 111 cm³/mol. The number of aromatic nitrogens is 1. The highest BCUT2D eigenvalue weighted by Gasteiger charge is 2.33. The molecule has 1 aliphatic carbocycles. The number of carbonyl (C=O) groups is 3. The number of amides is 2. The lowest BCUT2D eigenvalue weighted by Gasteiger charge is -2.19. The van der Waals surface area contributed by atoms with Crippen LogP contribution in [0, 0.1) is 0 Å². The molecule has 1 unspecified atom stereocenters. The minimum atomic E-state index is -0.632. The first-order valence-electron chi connectivity index (χ1n) is 9.26. The van der Waals surface area contributed by atoms with Crippen molar-refractivity contribution in [2.75, 3.05) is 0 Å². The van der Waals surface area contributed by atoms with E-state index in [-0.39, 0.29) is 18.1 Å². The van der Waals surface area contributed by atoms with Crippen molar-refractivity contribution >= 4 is 39.4 Å². The average molecular weight is 421 g/mol. The Morgan fingerprint density at radius 1 is 1.11 bits per heavy atom. The van der Waals surface area contributed by atoms with Crippen LogP contribution in [0.2, 0.25) is 0 Å². The number of hydrogen-bond donors (Lipinski definition) is 0. The van der Waals surface area contributed by atoms with Crippen LogP contribution in [0.4, 0.5) is 0 Å². The van der Waals surface area contributed by atoms with Gasteiger partial charge in [0.25, 0.3) is 11.8 Å². The summed E-state index contributed by atoms with van der Waals surface area (Å²) in [7, 11) is 3.34. The Balaban J connectivity index is 0.00000136. The maximum Gasteiger partial charge on any atom is 0.359 e. The quantitative estimate of drug-likeness (QED) is 0.496. The summed E-state index contributed by atoms with van der Waals surface area (Å²) in [5, 5.41) is 1.82. The number of allylic oxidation sites excluding steroid dienone is 2. The fourth-order valence-corrected chi connectivity index (χ4v) is 4.74. The highest BCUT2D eigenvalue weighted by Crippen LogP contribution is 2.38. The molecule has 1 aliphatic heterocycles. The van der Waals surface area contributed by atoms with Gasteiger partial charge in [0.2, 0.25) is 0 Å². The lowest BCUT2D eigenvalue weighted by Crippen LogP contribution is -2.32. The molecule has 1 saturated heterocycles. The van der Waals surface area contributed by atoms with Crippen LogP contribution in [0.15, 0.2) is 52.7 Å². The van der Waals surface area contributed by atoms with Crippen molar-refractivity contribution in [3.63, 3.8) is 0 Å². The zero-order chi connectivity index (χ0) is 20.5. The van der Waals surface area contributed by atoms with E-state index in [2.05, 4.69) is 11.9 Å². The zero-order valence-corrected chi connectivity index (χ0v) is 17.8. The van der Waals surface area contributed by atoms with Crippen LogP contribution >= 0.6 is 21.6 Å². The minimum absolute atomic E-state index is 0.0951. The Morgan fingerprint density at radius 2 is 1.82 bits per heavy atom. The average Bonchev–Trinajstić information content (AvgIpc) is 3.06. The first-order chi connectivity index (χ1) is 13.5. The molecule has 0 radical (unpaired) electrons. The normalized spacial score (nSPS) is 17.3. The van der Waals surface area contributed by atoms with Crippen LogP contribution in [0.5, 0.6) is 0 Å². The summed E-state index contributed by atoms with van der Waals surface area (Å²) in [6.07, 6.45) is 6.86. The summed E-state index contributed by atoms with van der Waals surface area (Å²) in [5.74, 6) is -1.56. The van der Waals surface area contributed by atoms with E-state index in [1.807, 2.05) is 38.1 Å². The van der Waals surface area contributed by atoms with E-state index < -0.39 is 17.8 Å². The molecule has 1 aromatic heterocycles. The second-order valence-electron chi connectivity index (χ2n) is 5.88. The second kappa shape index (κ2) is 11.1. The number of hydroxylamine groups is 2. The Bertz CT molecular complexity index is 762. The van der Waals surface area contributed by atoms with E-state index in [9.17, 15) is 14.4 Å². The number of imide groups is 1. The van der Waals surface area contributed by atoms with Gasteiger partial charge in [-0.15, -0.1) is 5.06 Å². The molecule has 2 heterocycles. The van der Waals surface area contributed by atoms with Crippen molar-refractivity contribution in [3.8, 4) is 0 Å². The van der Waals surface area contributed by atoms with E-state index in [1.54, 1.807) is 33.9 Å².